The molecule has 0 unspecified atom stereocenters. The first-order chi connectivity index (χ1) is 14.5. The molecule has 156 valence electrons. The highest BCUT2D eigenvalue weighted by Crippen LogP contribution is 2.44. The van der Waals surface area contributed by atoms with Gasteiger partial charge in [-0.25, -0.2) is 4.68 Å². The third kappa shape index (κ3) is 3.68. The lowest BCUT2D eigenvalue weighted by Crippen LogP contribution is -2.25. The standard InChI is InChI=1S/C22H22ClN3O4/c1-28-18-8-14(9-19(29-2)21(18)30-3)16-10-20(27)25-22-17(16)11-24-26(22)12-13-4-6-15(23)7-5-13/h4-9,11,16H,10,12H2,1-3H3,(H,25,27)/t16-/m0/s1. The van der Waals surface area contributed by atoms with Crippen LogP contribution in [0.15, 0.2) is 42.6 Å². The van der Waals surface area contributed by atoms with Crippen LogP contribution < -0.4 is 19.5 Å². The lowest BCUT2D eigenvalue weighted by atomic mass is 9.87. The van der Waals surface area contributed by atoms with Crippen LogP contribution in [0.1, 0.15) is 29.0 Å². The number of hydrogen-bond donors (Lipinski definition) is 1. The minimum absolute atomic E-state index is 0.0703. The molecule has 2 heterocycles. The van der Waals surface area contributed by atoms with Crippen LogP contribution in [0.3, 0.4) is 0 Å². The Morgan fingerprint density at radius 2 is 1.77 bits per heavy atom. The van der Waals surface area contributed by atoms with Crippen molar-refractivity contribution in [1.29, 1.82) is 0 Å². The highest BCUT2D eigenvalue weighted by molar-refractivity contribution is 6.30. The Bertz CT molecular complexity index is 1050. The van der Waals surface area contributed by atoms with Gasteiger partial charge in [-0.2, -0.15) is 5.10 Å². The van der Waals surface area contributed by atoms with E-state index in [2.05, 4.69) is 10.4 Å². The zero-order valence-corrected chi connectivity index (χ0v) is 17.7. The molecular formula is C22H22ClN3O4. The molecule has 30 heavy (non-hydrogen) atoms. The molecule has 0 fully saturated rings. The topological polar surface area (TPSA) is 74.6 Å². The van der Waals surface area contributed by atoms with Gasteiger partial charge in [0.15, 0.2) is 11.5 Å². The number of halogens is 1. The fraction of sp³-hybridized carbons (Fsp3) is 0.273. The maximum absolute atomic E-state index is 12.5. The Balaban J connectivity index is 1.74. The number of fused-ring (bicyclic) bond motifs is 1. The van der Waals surface area contributed by atoms with Gasteiger partial charge < -0.3 is 19.5 Å². The average Bonchev–Trinajstić information content (AvgIpc) is 3.15. The van der Waals surface area contributed by atoms with E-state index in [0.717, 1.165) is 16.7 Å². The number of hydrogen-bond acceptors (Lipinski definition) is 5. The molecule has 0 spiro atoms. The molecule has 0 saturated carbocycles. The first-order valence-electron chi connectivity index (χ1n) is 9.44. The largest absolute Gasteiger partial charge is 0.493 e. The number of ether oxygens (including phenoxy) is 3. The van der Waals surface area contributed by atoms with Crippen LogP contribution >= 0.6 is 11.6 Å². The van der Waals surface area contributed by atoms with Crippen molar-refractivity contribution < 1.29 is 19.0 Å². The molecule has 2 aromatic carbocycles. The molecule has 0 saturated heterocycles. The van der Waals surface area contributed by atoms with Gasteiger partial charge in [0.1, 0.15) is 5.82 Å². The van der Waals surface area contributed by atoms with Crippen LogP contribution in [-0.4, -0.2) is 37.0 Å². The summed E-state index contributed by atoms with van der Waals surface area (Å²) >= 11 is 5.98. The van der Waals surface area contributed by atoms with Gasteiger partial charge >= 0.3 is 0 Å². The van der Waals surface area contributed by atoms with E-state index in [9.17, 15) is 4.79 Å². The lowest BCUT2D eigenvalue weighted by molar-refractivity contribution is -0.116. The van der Waals surface area contributed by atoms with Crippen molar-refractivity contribution in [2.24, 2.45) is 0 Å². The van der Waals surface area contributed by atoms with Gasteiger partial charge in [-0.3, -0.25) is 4.79 Å². The van der Waals surface area contributed by atoms with Crippen molar-refractivity contribution in [3.05, 3.63) is 64.3 Å². The number of carbonyl (C=O) groups excluding carboxylic acids is 1. The number of carbonyl (C=O) groups is 1. The summed E-state index contributed by atoms with van der Waals surface area (Å²) in [6.45, 7) is 0.523. The molecule has 1 aromatic heterocycles. The number of nitrogens with zero attached hydrogens (tertiary/aromatic N) is 2. The first kappa shape index (κ1) is 20.1. The number of rotatable bonds is 6. The summed E-state index contributed by atoms with van der Waals surface area (Å²) in [5, 5.41) is 8.17. The minimum Gasteiger partial charge on any atom is -0.493 e. The predicted octanol–water partition coefficient (Wildman–Crippen LogP) is 4.08. The van der Waals surface area contributed by atoms with Crippen LogP contribution in [0.2, 0.25) is 5.02 Å². The van der Waals surface area contributed by atoms with Crippen molar-refractivity contribution in [3.8, 4) is 17.2 Å². The fourth-order valence-electron chi connectivity index (χ4n) is 3.75. The molecule has 1 N–H and O–H groups in total. The van der Waals surface area contributed by atoms with E-state index in [4.69, 9.17) is 25.8 Å². The van der Waals surface area contributed by atoms with E-state index in [1.807, 2.05) is 36.4 Å². The van der Waals surface area contributed by atoms with E-state index in [1.54, 1.807) is 32.2 Å². The minimum atomic E-state index is -0.179. The van der Waals surface area contributed by atoms with E-state index >= 15 is 0 Å². The second kappa shape index (κ2) is 8.28. The molecule has 4 rings (SSSR count). The smallest absolute Gasteiger partial charge is 0.226 e. The highest BCUT2D eigenvalue weighted by Gasteiger charge is 2.31. The number of aromatic nitrogens is 2. The maximum Gasteiger partial charge on any atom is 0.226 e. The van der Waals surface area contributed by atoms with Gasteiger partial charge in [0.05, 0.1) is 34.1 Å². The summed E-state index contributed by atoms with van der Waals surface area (Å²) < 4.78 is 18.2. The first-order valence-corrected chi connectivity index (χ1v) is 9.81. The number of nitrogens with one attached hydrogen (secondary N) is 1. The molecular weight excluding hydrogens is 406 g/mol. The van der Waals surface area contributed by atoms with Gasteiger partial charge in [-0.1, -0.05) is 23.7 Å². The lowest BCUT2D eigenvalue weighted by Gasteiger charge is -2.25. The summed E-state index contributed by atoms with van der Waals surface area (Å²) in [7, 11) is 4.71. The zero-order chi connectivity index (χ0) is 21.3. The Morgan fingerprint density at radius 1 is 1.10 bits per heavy atom. The van der Waals surface area contributed by atoms with Gasteiger partial charge in [-0.15, -0.1) is 0 Å². The normalized spacial score (nSPS) is 15.3. The van der Waals surface area contributed by atoms with Gasteiger partial charge in [0, 0.05) is 22.9 Å². The SMILES string of the molecule is COc1cc([C@@H]2CC(=O)Nc3c2cnn3Cc2ccc(Cl)cc2)cc(OC)c1OC. The van der Waals surface area contributed by atoms with E-state index in [0.29, 0.717) is 41.1 Å². The molecule has 1 aliphatic rings. The molecule has 1 atom stereocenters. The summed E-state index contributed by atoms with van der Waals surface area (Å²) in [5.74, 6) is 2.06. The maximum atomic E-state index is 12.5. The second-order valence-corrected chi connectivity index (χ2v) is 7.43. The summed E-state index contributed by atoms with van der Waals surface area (Å²) in [6, 6.07) is 11.3. The van der Waals surface area contributed by atoms with Crippen LogP contribution in [0.4, 0.5) is 5.82 Å². The van der Waals surface area contributed by atoms with Crippen molar-refractivity contribution in [1.82, 2.24) is 9.78 Å². The molecule has 7 nitrogen and oxygen atoms in total. The summed E-state index contributed by atoms with van der Waals surface area (Å²) in [5.41, 5.74) is 2.87. The van der Waals surface area contributed by atoms with Crippen molar-refractivity contribution in [2.75, 3.05) is 26.6 Å². The van der Waals surface area contributed by atoms with Crippen molar-refractivity contribution in [2.45, 2.75) is 18.9 Å². The molecule has 1 amide bonds. The third-order valence-electron chi connectivity index (χ3n) is 5.23. The average molecular weight is 428 g/mol. The zero-order valence-electron chi connectivity index (χ0n) is 16.9. The van der Waals surface area contributed by atoms with Gasteiger partial charge in [-0.05, 0) is 35.4 Å². The second-order valence-electron chi connectivity index (χ2n) is 7.00. The van der Waals surface area contributed by atoms with Gasteiger partial charge in [0.2, 0.25) is 11.7 Å². The molecule has 3 aromatic rings. The molecule has 1 aliphatic heterocycles. The molecule has 0 bridgehead atoms. The fourth-order valence-corrected chi connectivity index (χ4v) is 3.88. The molecule has 8 heteroatoms. The Kier molecular flexibility index (Phi) is 5.55. The number of benzene rings is 2. The van der Waals surface area contributed by atoms with E-state index in [-0.39, 0.29) is 11.8 Å². The monoisotopic (exact) mass is 427 g/mol. The number of anilines is 1. The summed E-state index contributed by atoms with van der Waals surface area (Å²) in [6.07, 6.45) is 2.11. The number of amides is 1. The quantitative estimate of drug-likeness (QED) is 0.641. The Hall–Kier alpha value is -3.19. The molecule has 0 radical (unpaired) electrons. The summed E-state index contributed by atoms with van der Waals surface area (Å²) in [4.78, 5) is 12.5. The Morgan fingerprint density at radius 3 is 2.37 bits per heavy atom. The predicted molar refractivity (Wildman–Crippen MR) is 114 cm³/mol. The van der Waals surface area contributed by atoms with Crippen LogP contribution in [0.5, 0.6) is 17.2 Å². The highest BCUT2D eigenvalue weighted by atomic mass is 35.5. The van der Waals surface area contributed by atoms with Crippen LogP contribution in [0.25, 0.3) is 0 Å². The van der Waals surface area contributed by atoms with Crippen molar-refractivity contribution >= 4 is 23.3 Å². The van der Waals surface area contributed by atoms with Crippen LogP contribution in [0, 0.1) is 0 Å². The Labute approximate surface area is 179 Å². The van der Waals surface area contributed by atoms with Gasteiger partial charge in [0.25, 0.3) is 0 Å². The van der Waals surface area contributed by atoms with Crippen LogP contribution in [-0.2, 0) is 11.3 Å². The third-order valence-corrected chi connectivity index (χ3v) is 5.48. The number of methoxy groups -OCH3 is 3. The van der Waals surface area contributed by atoms with E-state index < -0.39 is 0 Å². The van der Waals surface area contributed by atoms with Crippen molar-refractivity contribution in [3.63, 3.8) is 0 Å². The molecule has 0 aliphatic carbocycles. The van der Waals surface area contributed by atoms with E-state index in [1.165, 1.54) is 0 Å².